The number of ketones is 1. The van der Waals surface area contributed by atoms with Crippen molar-refractivity contribution in [3.05, 3.63) is 101 Å². The highest BCUT2D eigenvalue weighted by atomic mass is 16.5. The molecule has 1 amide bonds. The van der Waals surface area contributed by atoms with Crippen LogP contribution >= 0.6 is 0 Å². The predicted molar refractivity (Wildman–Crippen MR) is 129 cm³/mol. The number of ether oxygens (including phenoxy) is 1. The number of aliphatic hydroxyl groups is 1. The van der Waals surface area contributed by atoms with E-state index in [4.69, 9.17) is 4.74 Å². The fourth-order valence-electron chi connectivity index (χ4n) is 4.14. The summed E-state index contributed by atoms with van der Waals surface area (Å²) in [6.45, 7) is 7.68. The second kappa shape index (κ2) is 8.94. The molecule has 1 N–H and O–H groups in total. The number of nitrogens with zero attached hydrogens (tertiary/aromatic N) is 1. The zero-order valence-corrected chi connectivity index (χ0v) is 19.2. The number of aryl methyl sites for hydroxylation is 2. The minimum atomic E-state index is -0.764. The second-order valence-electron chi connectivity index (χ2n) is 8.56. The van der Waals surface area contributed by atoms with E-state index in [1.165, 1.54) is 4.90 Å². The van der Waals surface area contributed by atoms with Crippen LogP contribution in [0.25, 0.3) is 5.76 Å². The van der Waals surface area contributed by atoms with E-state index in [9.17, 15) is 14.7 Å². The number of benzene rings is 3. The van der Waals surface area contributed by atoms with Crippen LogP contribution in [0.1, 0.15) is 42.1 Å². The lowest BCUT2D eigenvalue weighted by atomic mass is 9.93. The van der Waals surface area contributed by atoms with E-state index in [-0.39, 0.29) is 17.4 Å². The summed E-state index contributed by atoms with van der Waals surface area (Å²) in [5, 5.41) is 11.3. The fourth-order valence-corrected chi connectivity index (χ4v) is 4.14. The molecule has 168 valence electrons. The molecule has 0 bridgehead atoms. The first-order valence-electron chi connectivity index (χ1n) is 11.0. The van der Waals surface area contributed by atoms with Gasteiger partial charge in [0.1, 0.15) is 11.5 Å². The Hall–Kier alpha value is -3.86. The van der Waals surface area contributed by atoms with Crippen LogP contribution in [-0.2, 0) is 9.59 Å². The van der Waals surface area contributed by atoms with E-state index in [2.05, 4.69) is 0 Å². The molecule has 3 aromatic carbocycles. The third kappa shape index (κ3) is 4.27. The molecular weight excluding hydrogens is 414 g/mol. The lowest BCUT2D eigenvalue weighted by Crippen LogP contribution is -2.29. The molecule has 1 saturated heterocycles. The van der Waals surface area contributed by atoms with Crippen LogP contribution in [0.3, 0.4) is 0 Å². The summed E-state index contributed by atoms with van der Waals surface area (Å²) in [5.74, 6) is -0.842. The highest BCUT2D eigenvalue weighted by Crippen LogP contribution is 2.42. The van der Waals surface area contributed by atoms with Crippen molar-refractivity contribution in [1.82, 2.24) is 0 Å². The molecule has 3 aromatic rings. The third-order valence-electron chi connectivity index (χ3n) is 5.69. The van der Waals surface area contributed by atoms with Crippen molar-refractivity contribution in [2.24, 2.45) is 0 Å². The van der Waals surface area contributed by atoms with Crippen molar-refractivity contribution < 1.29 is 19.4 Å². The summed E-state index contributed by atoms with van der Waals surface area (Å²) in [6.07, 6.45) is 0.0232. The maximum absolute atomic E-state index is 13.3. The summed E-state index contributed by atoms with van der Waals surface area (Å²) in [6, 6.07) is 21.3. The van der Waals surface area contributed by atoms with Gasteiger partial charge in [-0.05, 0) is 69.2 Å². The predicted octanol–water partition coefficient (Wildman–Crippen LogP) is 5.72. The molecule has 1 aliphatic rings. The number of anilines is 1. The minimum Gasteiger partial charge on any atom is -0.507 e. The summed E-state index contributed by atoms with van der Waals surface area (Å²) in [4.78, 5) is 27.9. The molecule has 1 atom stereocenters. The molecule has 5 heteroatoms. The Morgan fingerprint density at radius 3 is 2.24 bits per heavy atom. The number of carbonyl (C=O) groups is 2. The Bertz CT molecular complexity index is 1230. The van der Waals surface area contributed by atoms with Crippen molar-refractivity contribution in [1.29, 1.82) is 0 Å². The maximum atomic E-state index is 13.3. The largest absolute Gasteiger partial charge is 0.507 e. The van der Waals surface area contributed by atoms with Gasteiger partial charge in [-0.2, -0.15) is 0 Å². The number of aliphatic hydroxyl groups excluding tert-OH is 1. The van der Waals surface area contributed by atoms with Gasteiger partial charge >= 0.3 is 0 Å². The average molecular weight is 442 g/mol. The number of hydrogen-bond acceptors (Lipinski definition) is 4. The third-order valence-corrected chi connectivity index (χ3v) is 5.69. The molecule has 4 rings (SSSR count). The molecule has 0 aliphatic carbocycles. The first kappa shape index (κ1) is 22.3. The molecule has 1 fully saturated rings. The van der Waals surface area contributed by atoms with Crippen LogP contribution in [0.5, 0.6) is 5.75 Å². The molecule has 1 heterocycles. The summed E-state index contributed by atoms with van der Waals surface area (Å²) in [7, 11) is 0. The summed E-state index contributed by atoms with van der Waals surface area (Å²) in [5.41, 5.74) is 3.70. The van der Waals surface area contributed by atoms with Gasteiger partial charge in [0.15, 0.2) is 0 Å². The van der Waals surface area contributed by atoms with Gasteiger partial charge in [0, 0.05) is 11.3 Å². The Labute approximate surface area is 193 Å². The highest BCUT2D eigenvalue weighted by Gasteiger charge is 2.47. The van der Waals surface area contributed by atoms with E-state index in [0.717, 1.165) is 11.1 Å². The molecule has 0 saturated carbocycles. The van der Waals surface area contributed by atoms with Gasteiger partial charge in [-0.1, -0.05) is 48.0 Å². The van der Waals surface area contributed by atoms with Crippen molar-refractivity contribution >= 4 is 23.1 Å². The van der Waals surface area contributed by atoms with Gasteiger partial charge in [0.25, 0.3) is 11.7 Å². The Morgan fingerprint density at radius 2 is 1.61 bits per heavy atom. The molecule has 1 aliphatic heterocycles. The van der Waals surface area contributed by atoms with E-state index >= 15 is 0 Å². The number of rotatable bonds is 5. The van der Waals surface area contributed by atoms with Crippen LogP contribution < -0.4 is 9.64 Å². The van der Waals surface area contributed by atoms with Gasteiger partial charge < -0.3 is 9.84 Å². The molecule has 0 radical (unpaired) electrons. The number of para-hydroxylation sites is 1. The highest BCUT2D eigenvalue weighted by molar-refractivity contribution is 6.51. The number of hydrogen-bond donors (Lipinski definition) is 1. The zero-order chi connectivity index (χ0) is 23.7. The van der Waals surface area contributed by atoms with Crippen LogP contribution in [0, 0.1) is 13.8 Å². The van der Waals surface area contributed by atoms with Gasteiger partial charge in [-0.15, -0.1) is 0 Å². The van der Waals surface area contributed by atoms with E-state index in [0.29, 0.717) is 22.6 Å². The molecule has 5 nitrogen and oxygen atoms in total. The van der Waals surface area contributed by atoms with Crippen LogP contribution in [-0.4, -0.2) is 22.9 Å². The molecule has 0 spiro atoms. The van der Waals surface area contributed by atoms with Crippen molar-refractivity contribution in [2.45, 2.75) is 39.8 Å². The van der Waals surface area contributed by atoms with Gasteiger partial charge in [0.2, 0.25) is 0 Å². The van der Waals surface area contributed by atoms with Gasteiger partial charge in [-0.3, -0.25) is 14.5 Å². The summed E-state index contributed by atoms with van der Waals surface area (Å²) < 4.78 is 5.75. The first-order valence-corrected chi connectivity index (χ1v) is 11.0. The van der Waals surface area contributed by atoms with Crippen LogP contribution in [0.2, 0.25) is 0 Å². The summed E-state index contributed by atoms with van der Waals surface area (Å²) >= 11 is 0. The Morgan fingerprint density at radius 1 is 0.939 bits per heavy atom. The van der Waals surface area contributed by atoms with Crippen LogP contribution in [0.15, 0.2) is 78.4 Å². The number of carbonyl (C=O) groups excluding carboxylic acids is 2. The molecule has 1 unspecified atom stereocenters. The number of Topliss-reactive ketones (excluding diaryl/α,β-unsaturated/α-hetero) is 1. The number of amides is 1. The molecular formula is C28H27NO4. The van der Waals surface area contributed by atoms with Crippen molar-refractivity contribution in [3.8, 4) is 5.75 Å². The molecule has 0 aromatic heterocycles. The SMILES string of the molecule is Cc1ccc(C)c(/C(O)=C2\C(=O)C(=O)N(c3ccccc3)C2c2ccc(OC(C)C)cc2)c1. The van der Waals surface area contributed by atoms with Gasteiger partial charge in [0.05, 0.1) is 17.7 Å². The zero-order valence-electron chi connectivity index (χ0n) is 19.2. The van der Waals surface area contributed by atoms with Crippen LogP contribution in [0.4, 0.5) is 5.69 Å². The lowest BCUT2D eigenvalue weighted by Gasteiger charge is -2.25. The van der Waals surface area contributed by atoms with Crippen molar-refractivity contribution in [3.63, 3.8) is 0 Å². The smallest absolute Gasteiger partial charge is 0.300 e. The van der Waals surface area contributed by atoms with E-state index in [1.54, 1.807) is 12.1 Å². The monoisotopic (exact) mass is 441 g/mol. The van der Waals surface area contributed by atoms with E-state index in [1.807, 2.05) is 88.4 Å². The van der Waals surface area contributed by atoms with E-state index < -0.39 is 17.7 Å². The Balaban J connectivity index is 1.91. The van der Waals surface area contributed by atoms with Gasteiger partial charge in [-0.25, -0.2) is 0 Å². The fraction of sp³-hybridized carbons (Fsp3) is 0.214. The average Bonchev–Trinajstić information content (AvgIpc) is 3.06. The molecule has 33 heavy (non-hydrogen) atoms. The lowest BCUT2D eigenvalue weighted by molar-refractivity contribution is -0.132. The Kier molecular flexibility index (Phi) is 6.05. The topological polar surface area (TPSA) is 66.8 Å². The minimum absolute atomic E-state index is 0.0232. The first-order chi connectivity index (χ1) is 15.8. The second-order valence-corrected chi connectivity index (χ2v) is 8.56. The quantitative estimate of drug-likeness (QED) is 0.313. The normalized spacial score (nSPS) is 17.6. The maximum Gasteiger partial charge on any atom is 0.300 e. The van der Waals surface area contributed by atoms with Crippen molar-refractivity contribution in [2.75, 3.05) is 4.90 Å². The standard InChI is InChI=1S/C28H27NO4/c1-17(2)33-22-14-12-20(13-15-22)25-24(26(30)23-16-18(3)10-11-19(23)4)27(31)28(32)29(25)21-8-6-5-7-9-21/h5-17,25,30H,1-4H3/b26-24+.